The smallest absolute Gasteiger partial charge is 0.221 e. The third-order valence-corrected chi connectivity index (χ3v) is 4.21. The van der Waals surface area contributed by atoms with Gasteiger partial charge in [0.1, 0.15) is 0 Å². The Balaban J connectivity index is 2.52. The van der Waals surface area contributed by atoms with Crippen molar-refractivity contribution in [2.45, 2.75) is 32.9 Å². The van der Waals surface area contributed by atoms with E-state index in [1.165, 1.54) is 18.3 Å². The van der Waals surface area contributed by atoms with Crippen molar-refractivity contribution in [3.8, 4) is 0 Å². The summed E-state index contributed by atoms with van der Waals surface area (Å²) in [6.07, 6.45) is 1.14. The highest BCUT2D eigenvalue weighted by molar-refractivity contribution is 7.88. The lowest BCUT2D eigenvalue weighted by Crippen LogP contribution is -2.49. The van der Waals surface area contributed by atoms with E-state index in [2.05, 4.69) is 15.4 Å². The molecule has 0 aromatic carbocycles. The maximum atomic E-state index is 11.2. The van der Waals surface area contributed by atoms with E-state index >= 15 is 0 Å². The van der Waals surface area contributed by atoms with Crippen LogP contribution in [-0.4, -0.2) is 32.7 Å². The van der Waals surface area contributed by atoms with Crippen LogP contribution in [0.2, 0.25) is 0 Å². The number of thiophene rings is 1. The molecule has 114 valence electrons. The first-order chi connectivity index (χ1) is 9.09. The molecule has 1 aromatic rings. The van der Waals surface area contributed by atoms with Crippen molar-refractivity contribution >= 4 is 33.0 Å². The number of hydrogen-bond acceptors (Lipinski definition) is 5. The molecule has 1 heterocycles. The van der Waals surface area contributed by atoms with Gasteiger partial charge in [0.2, 0.25) is 15.9 Å². The Morgan fingerprint density at radius 2 is 2.05 bits per heavy atom. The molecular weight excluding hydrogens is 298 g/mol. The number of anilines is 1. The molecular formula is C12H21N3O3S2. The molecule has 0 atom stereocenters. The molecule has 20 heavy (non-hydrogen) atoms. The number of sulfonamides is 1. The molecule has 3 N–H and O–H groups in total. The van der Waals surface area contributed by atoms with Crippen LogP contribution in [-0.2, 0) is 21.4 Å². The molecule has 1 aromatic heterocycles. The second kappa shape index (κ2) is 6.66. The lowest BCUT2D eigenvalue weighted by molar-refractivity contribution is -0.114. The molecule has 1 amide bonds. The van der Waals surface area contributed by atoms with Crippen LogP contribution in [0.4, 0.5) is 5.69 Å². The summed E-state index contributed by atoms with van der Waals surface area (Å²) in [6.45, 7) is 6.14. The van der Waals surface area contributed by atoms with Gasteiger partial charge in [-0.25, -0.2) is 13.1 Å². The zero-order chi connectivity index (χ0) is 15.4. The highest BCUT2D eigenvalue weighted by atomic mass is 32.2. The van der Waals surface area contributed by atoms with Gasteiger partial charge in [0, 0.05) is 30.4 Å². The second-order valence-electron chi connectivity index (χ2n) is 5.30. The molecule has 0 spiro atoms. The fraction of sp³-hybridized carbons (Fsp3) is 0.583. The SMILES string of the molecule is CC(=O)Nc1ccsc1CNCC(C)(C)NS(C)(=O)=O. The number of carbonyl (C=O) groups excluding carboxylic acids is 1. The Labute approximate surface area is 124 Å². The van der Waals surface area contributed by atoms with E-state index in [4.69, 9.17) is 0 Å². The maximum Gasteiger partial charge on any atom is 0.221 e. The highest BCUT2D eigenvalue weighted by Crippen LogP contribution is 2.22. The largest absolute Gasteiger partial charge is 0.325 e. The Morgan fingerprint density at radius 3 is 2.60 bits per heavy atom. The summed E-state index contributed by atoms with van der Waals surface area (Å²) in [5.74, 6) is -0.108. The fourth-order valence-electron chi connectivity index (χ4n) is 1.81. The van der Waals surface area contributed by atoms with Crippen molar-refractivity contribution in [3.63, 3.8) is 0 Å². The van der Waals surface area contributed by atoms with Crippen LogP contribution < -0.4 is 15.4 Å². The van der Waals surface area contributed by atoms with Crippen LogP contribution in [0.5, 0.6) is 0 Å². The minimum Gasteiger partial charge on any atom is -0.325 e. The molecule has 0 saturated heterocycles. The Bertz CT molecular complexity index is 564. The lowest BCUT2D eigenvalue weighted by atomic mass is 10.1. The third-order valence-electron chi connectivity index (χ3n) is 2.37. The van der Waals surface area contributed by atoms with E-state index in [0.717, 1.165) is 16.8 Å². The number of carbonyl (C=O) groups is 1. The van der Waals surface area contributed by atoms with Crippen molar-refractivity contribution in [2.24, 2.45) is 0 Å². The average molecular weight is 319 g/mol. The van der Waals surface area contributed by atoms with Gasteiger partial charge in [-0.1, -0.05) is 0 Å². The predicted octanol–water partition coefficient (Wildman–Crippen LogP) is 1.12. The van der Waals surface area contributed by atoms with E-state index in [-0.39, 0.29) is 5.91 Å². The van der Waals surface area contributed by atoms with Crippen LogP contribution in [0.15, 0.2) is 11.4 Å². The van der Waals surface area contributed by atoms with Gasteiger partial charge < -0.3 is 10.6 Å². The maximum absolute atomic E-state index is 11.2. The quantitative estimate of drug-likeness (QED) is 0.703. The van der Waals surface area contributed by atoms with Crippen molar-refractivity contribution in [2.75, 3.05) is 18.1 Å². The lowest BCUT2D eigenvalue weighted by Gasteiger charge is -2.25. The normalized spacial score (nSPS) is 12.4. The van der Waals surface area contributed by atoms with Gasteiger partial charge in [-0.3, -0.25) is 4.79 Å². The third kappa shape index (κ3) is 6.47. The molecule has 0 aliphatic heterocycles. The average Bonchev–Trinajstić information content (AvgIpc) is 2.60. The van der Waals surface area contributed by atoms with Gasteiger partial charge in [0.05, 0.1) is 11.9 Å². The monoisotopic (exact) mass is 319 g/mol. The van der Waals surface area contributed by atoms with Crippen LogP contribution >= 0.6 is 11.3 Å². The summed E-state index contributed by atoms with van der Waals surface area (Å²) in [4.78, 5) is 12.1. The first kappa shape index (κ1) is 17.1. The minimum atomic E-state index is -3.23. The molecule has 0 unspecified atom stereocenters. The standard InChI is InChI=1S/C12H21N3O3S2/c1-9(16)14-10-5-6-19-11(10)7-13-8-12(2,3)15-20(4,17)18/h5-6,13,15H,7-8H2,1-4H3,(H,14,16). The van der Waals surface area contributed by atoms with Gasteiger partial charge in [-0.2, -0.15) is 0 Å². The molecule has 0 fully saturated rings. The molecule has 0 bridgehead atoms. The molecule has 1 rings (SSSR count). The highest BCUT2D eigenvalue weighted by Gasteiger charge is 2.21. The van der Waals surface area contributed by atoms with Crippen molar-refractivity contribution in [3.05, 3.63) is 16.3 Å². The number of nitrogens with one attached hydrogen (secondary N) is 3. The van der Waals surface area contributed by atoms with Gasteiger partial charge in [-0.05, 0) is 25.3 Å². The summed E-state index contributed by atoms with van der Waals surface area (Å²) in [5, 5.41) is 7.86. The Hall–Kier alpha value is -0.960. The summed E-state index contributed by atoms with van der Waals surface area (Å²) >= 11 is 1.54. The number of rotatable bonds is 7. The van der Waals surface area contributed by atoms with Gasteiger partial charge in [0.15, 0.2) is 0 Å². The van der Waals surface area contributed by atoms with Crippen molar-refractivity contribution in [1.82, 2.24) is 10.0 Å². The molecule has 0 saturated carbocycles. The summed E-state index contributed by atoms with van der Waals surface area (Å²) in [6, 6.07) is 1.85. The van der Waals surface area contributed by atoms with Crippen LogP contribution in [0, 0.1) is 0 Å². The Morgan fingerprint density at radius 1 is 1.40 bits per heavy atom. The topological polar surface area (TPSA) is 87.3 Å². The van der Waals surface area contributed by atoms with Crippen molar-refractivity contribution in [1.29, 1.82) is 0 Å². The second-order valence-corrected chi connectivity index (χ2v) is 8.05. The van der Waals surface area contributed by atoms with E-state index in [1.807, 2.05) is 25.3 Å². The fourth-order valence-corrected chi connectivity index (χ4v) is 3.68. The number of amides is 1. The first-order valence-corrected chi connectivity index (χ1v) is 8.90. The molecule has 0 aliphatic rings. The predicted molar refractivity (Wildman–Crippen MR) is 82.4 cm³/mol. The molecule has 8 heteroatoms. The van der Waals surface area contributed by atoms with Gasteiger partial charge in [-0.15, -0.1) is 11.3 Å². The van der Waals surface area contributed by atoms with Crippen molar-refractivity contribution < 1.29 is 13.2 Å². The summed E-state index contributed by atoms with van der Waals surface area (Å²) in [5.41, 5.74) is 0.225. The minimum absolute atomic E-state index is 0.108. The van der Waals surface area contributed by atoms with Gasteiger partial charge in [0.25, 0.3) is 0 Å². The number of hydrogen-bond donors (Lipinski definition) is 3. The zero-order valence-electron chi connectivity index (χ0n) is 12.1. The molecule has 6 nitrogen and oxygen atoms in total. The first-order valence-electron chi connectivity index (χ1n) is 6.13. The molecule has 0 aliphatic carbocycles. The summed E-state index contributed by atoms with van der Waals surface area (Å²) in [7, 11) is -3.23. The zero-order valence-corrected chi connectivity index (χ0v) is 13.7. The summed E-state index contributed by atoms with van der Waals surface area (Å²) < 4.78 is 25.0. The molecule has 0 radical (unpaired) electrons. The van der Waals surface area contributed by atoms with Crippen LogP contribution in [0.25, 0.3) is 0 Å². The van der Waals surface area contributed by atoms with E-state index in [1.54, 1.807) is 0 Å². The van der Waals surface area contributed by atoms with E-state index in [9.17, 15) is 13.2 Å². The van der Waals surface area contributed by atoms with E-state index in [0.29, 0.717) is 13.1 Å². The van der Waals surface area contributed by atoms with Crippen LogP contribution in [0.3, 0.4) is 0 Å². The van der Waals surface area contributed by atoms with Crippen LogP contribution in [0.1, 0.15) is 25.6 Å². The van der Waals surface area contributed by atoms with Gasteiger partial charge >= 0.3 is 0 Å². The van der Waals surface area contributed by atoms with E-state index < -0.39 is 15.6 Å². The Kier molecular flexibility index (Phi) is 5.69.